The fourth-order valence-electron chi connectivity index (χ4n) is 6.20. The molecule has 1 saturated carbocycles. The fourth-order valence-corrected chi connectivity index (χ4v) is 6.20. The number of carbonyl (C=O) groups is 2. The normalized spacial score (nSPS) is 26.4. The third kappa shape index (κ3) is 4.99. The van der Waals surface area contributed by atoms with Gasteiger partial charge in [0.25, 0.3) is 5.91 Å². The van der Waals surface area contributed by atoms with Crippen molar-refractivity contribution in [2.45, 2.75) is 62.9 Å². The highest BCUT2D eigenvalue weighted by atomic mass is 16.5. The number of fused-ring (bicyclic) bond motifs is 4. The molecule has 3 fully saturated rings. The number of nitrogens with one attached hydrogen (secondary N) is 1. The van der Waals surface area contributed by atoms with Crippen LogP contribution in [-0.4, -0.2) is 105 Å². The number of morpholine rings is 1. The van der Waals surface area contributed by atoms with Crippen molar-refractivity contribution in [3.05, 3.63) is 35.9 Å². The zero-order chi connectivity index (χ0) is 26.0. The number of nitrogens with zero attached hydrogens (tertiary/aromatic N) is 6. The van der Waals surface area contributed by atoms with Gasteiger partial charge in [0.05, 0.1) is 44.7 Å². The van der Waals surface area contributed by atoms with E-state index in [2.05, 4.69) is 25.5 Å². The molecule has 12 heteroatoms. The molecule has 3 aliphatic heterocycles. The maximum Gasteiger partial charge on any atom is 0.274 e. The largest absolute Gasteiger partial charge is 0.489 e. The van der Waals surface area contributed by atoms with Crippen LogP contribution in [0.2, 0.25) is 0 Å². The summed E-state index contributed by atoms with van der Waals surface area (Å²) in [5.74, 6) is 0.192. The van der Waals surface area contributed by atoms with E-state index in [0.29, 0.717) is 50.9 Å². The van der Waals surface area contributed by atoms with Crippen LogP contribution >= 0.6 is 0 Å². The molecule has 2 amide bonds. The highest BCUT2D eigenvalue weighted by Crippen LogP contribution is 2.37. The Balaban J connectivity index is 1.27. The van der Waals surface area contributed by atoms with Gasteiger partial charge in [0.15, 0.2) is 11.4 Å². The molecule has 38 heavy (non-hydrogen) atoms. The molecule has 2 aromatic heterocycles. The van der Waals surface area contributed by atoms with Crippen molar-refractivity contribution in [1.29, 1.82) is 0 Å². The molecular weight excluding hydrogens is 490 g/mol. The van der Waals surface area contributed by atoms with E-state index < -0.39 is 17.7 Å². The maximum absolute atomic E-state index is 14.3. The smallest absolute Gasteiger partial charge is 0.274 e. The number of pyridine rings is 1. The minimum absolute atomic E-state index is 0.134. The van der Waals surface area contributed by atoms with Crippen LogP contribution in [0.15, 0.2) is 24.5 Å². The van der Waals surface area contributed by atoms with Gasteiger partial charge >= 0.3 is 0 Å². The predicted octanol–water partition coefficient (Wildman–Crippen LogP) is 0.627. The lowest BCUT2D eigenvalue weighted by atomic mass is 9.78. The highest BCUT2D eigenvalue weighted by molar-refractivity contribution is 5.95. The van der Waals surface area contributed by atoms with Crippen molar-refractivity contribution in [3.63, 3.8) is 0 Å². The van der Waals surface area contributed by atoms with E-state index in [1.807, 2.05) is 11.1 Å². The average molecular weight is 526 g/mol. The number of rotatable bonds is 2. The summed E-state index contributed by atoms with van der Waals surface area (Å²) in [5, 5.41) is 11.5. The second kappa shape index (κ2) is 11.0. The third-order valence-corrected chi connectivity index (χ3v) is 8.16. The molecule has 2 bridgehead atoms. The van der Waals surface area contributed by atoms with Crippen molar-refractivity contribution in [2.24, 2.45) is 0 Å². The van der Waals surface area contributed by atoms with E-state index in [1.54, 1.807) is 23.0 Å². The molecule has 0 aromatic carbocycles. The molecule has 12 nitrogen and oxygen atoms in total. The van der Waals surface area contributed by atoms with Gasteiger partial charge in [-0.15, -0.1) is 5.10 Å². The summed E-state index contributed by atoms with van der Waals surface area (Å²) in [4.78, 5) is 36.1. The molecule has 0 unspecified atom stereocenters. The monoisotopic (exact) mass is 525 g/mol. The second-order valence-electron chi connectivity index (χ2n) is 10.5. The summed E-state index contributed by atoms with van der Waals surface area (Å²) in [7, 11) is 0. The first-order chi connectivity index (χ1) is 18.6. The standard InChI is InChI=1S/C26H35N7O5/c34-24-23-21(5-4-8-27-23)37-14-11-33-15-19(29-30-33)18-38-22-17-31(16-20(22)28-24)25(35)26(6-2-1-3-7-26)32-9-12-36-13-10-32/h4-5,8,15,20,22H,1-3,6-7,9-14,16-18H2,(H,28,34)/t20-,22-/m0/s1. The van der Waals surface area contributed by atoms with Crippen LogP contribution in [0, 0.1) is 0 Å². The van der Waals surface area contributed by atoms with Crippen LogP contribution < -0.4 is 10.1 Å². The topological polar surface area (TPSA) is 124 Å². The van der Waals surface area contributed by atoms with Gasteiger partial charge in [-0.25, -0.2) is 9.67 Å². The number of aromatic nitrogens is 4. The molecule has 2 aromatic rings. The zero-order valence-electron chi connectivity index (χ0n) is 21.6. The Morgan fingerprint density at radius 1 is 1.08 bits per heavy atom. The number of hydrogen-bond acceptors (Lipinski definition) is 9. The van der Waals surface area contributed by atoms with Crippen LogP contribution in [-0.2, 0) is 27.4 Å². The average Bonchev–Trinajstić information content (AvgIpc) is 3.59. The lowest BCUT2D eigenvalue weighted by Gasteiger charge is -2.48. The van der Waals surface area contributed by atoms with Gasteiger partial charge in [-0.2, -0.15) is 0 Å². The first-order valence-electron chi connectivity index (χ1n) is 13.6. The molecule has 1 N–H and O–H groups in total. The van der Waals surface area contributed by atoms with E-state index in [0.717, 1.165) is 45.2 Å². The van der Waals surface area contributed by atoms with Crippen molar-refractivity contribution in [3.8, 4) is 5.75 Å². The van der Waals surface area contributed by atoms with Gasteiger partial charge in [-0.05, 0) is 25.0 Å². The van der Waals surface area contributed by atoms with E-state index in [1.165, 1.54) is 0 Å². The minimum Gasteiger partial charge on any atom is -0.489 e. The minimum atomic E-state index is -0.519. The van der Waals surface area contributed by atoms with Crippen molar-refractivity contribution < 1.29 is 23.8 Å². The van der Waals surface area contributed by atoms with Gasteiger partial charge in [-0.3, -0.25) is 14.5 Å². The summed E-state index contributed by atoms with van der Waals surface area (Å²) >= 11 is 0. The number of carbonyl (C=O) groups excluding carboxylic acids is 2. The Hall–Kier alpha value is -3.09. The number of hydrogen-bond donors (Lipinski definition) is 1. The first-order valence-corrected chi connectivity index (χ1v) is 13.6. The van der Waals surface area contributed by atoms with Crippen LogP contribution in [0.1, 0.15) is 48.3 Å². The molecule has 0 radical (unpaired) electrons. The van der Waals surface area contributed by atoms with Crippen molar-refractivity contribution in [1.82, 2.24) is 35.1 Å². The van der Waals surface area contributed by atoms with Crippen molar-refractivity contribution in [2.75, 3.05) is 46.0 Å². The molecule has 6 rings (SSSR count). The summed E-state index contributed by atoms with van der Waals surface area (Å²) in [6.45, 7) is 4.61. The van der Waals surface area contributed by atoms with Crippen molar-refractivity contribution >= 4 is 11.8 Å². The molecular formula is C26H35N7O5. The van der Waals surface area contributed by atoms with Gasteiger partial charge in [-0.1, -0.05) is 24.5 Å². The van der Waals surface area contributed by atoms with Crippen LogP contribution in [0.25, 0.3) is 0 Å². The zero-order valence-corrected chi connectivity index (χ0v) is 21.6. The Kier molecular flexibility index (Phi) is 7.26. The molecule has 1 aliphatic carbocycles. The van der Waals surface area contributed by atoms with E-state index >= 15 is 0 Å². The van der Waals surface area contributed by atoms with E-state index in [9.17, 15) is 9.59 Å². The van der Waals surface area contributed by atoms with Crippen LogP contribution in [0.4, 0.5) is 0 Å². The third-order valence-electron chi connectivity index (χ3n) is 8.16. The number of likely N-dealkylation sites (tertiary alicyclic amines) is 1. The molecule has 0 spiro atoms. The Morgan fingerprint density at radius 2 is 1.92 bits per heavy atom. The van der Waals surface area contributed by atoms with Crippen LogP contribution in [0.3, 0.4) is 0 Å². The van der Waals surface area contributed by atoms with Gasteiger partial charge in [0.2, 0.25) is 5.91 Å². The second-order valence-corrected chi connectivity index (χ2v) is 10.5. The lowest BCUT2D eigenvalue weighted by molar-refractivity contribution is -0.150. The highest BCUT2D eigenvalue weighted by Gasteiger charge is 2.50. The molecule has 4 aliphatic rings. The molecule has 5 heterocycles. The number of amides is 2. The predicted molar refractivity (Wildman–Crippen MR) is 134 cm³/mol. The Bertz CT molecular complexity index is 1140. The van der Waals surface area contributed by atoms with Gasteiger partial charge in [0, 0.05) is 32.4 Å². The first kappa shape index (κ1) is 25.2. The molecule has 2 saturated heterocycles. The Labute approximate surface area is 221 Å². The fraction of sp³-hybridized carbons (Fsp3) is 0.654. The van der Waals surface area contributed by atoms with E-state index in [4.69, 9.17) is 14.2 Å². The number of ether oxygens (including phenoxy) is 3. The summed E-state index contributed by atoms with van der Waals surface area (Å²) in [6.07, 6.45) is 7.94. The summed E-state index contributed by atoms with van der Waals surface area (Å²) < 4.78 is 19.4. The quantitative estimate of drug-likeness (QED) is 0.601. The Morgan fingerprint density at radius 3 is 2.76 bits per heavy atom. The van der Waals surface area contributed by atoms with E-state index in [-0.39, 0.29) is 24.1 Å². The molecule has 204 valence electrons. The van der Waals surface area contributed by atoms with Crippen LogP contribution in [0.5, 0.6) is 5.75 Å². The summed E-state index contributed by atoms with van der Waals surface area (Å²) in [5.41, 5.74) is 0.384. The summed E-state index contributed by atoms with van der Waals surface area (Å²) in [6, 6.07) is 3.07. The molecule has 2 atom stereocenters. The van der Waals surface area contributed by atoms with Gasteiger partial charge in [0.1, 0.15) is 17.8 Å². The SMILES string of the molecule is O=C1N[C@H]2CN(C(=O)C3(N4CCOCC4)CCCCC3)C[C@@H]2OCc2cn(nn2)CCOc2cccnc21. The lowest BCUT2D eigenvalue weighted by Crippen LogP contribution is -2.62. The van der Waals surface area contributed by atoms with Gasteiger partial charge < -0.3 is 24.4 Å². The maximum atomic E-state index is 14.3.